The lowest BCUT2D eigenvalue weighted by atomic mass is 9.97. The fraction of sp³-hybridized carbons (Fsp3) is 0.474. The van der Waals surface area contributed by atoms with Gasteiger partial charge >= 0.3 is 30.5 Å². The Bertz CT molecular complexity index is 997. The van der Waals surface area contributed by atoms with Crippen molar-refractivity contribution in [3.63, 3.8) is 0 Å². The molecule has 0 saturated carbocycles. The van der Waals surface area contributed by atoms with Crippen LogP contribution in [0.4, 0.5) is 26.3 Å². The van der Waals surface area contributed by atoms with Crippen LogP contribution in [-0.4, -0.2) is 78.0 Å². The van der Waals surface area contributed by atoms with Crippen LogP contribution in [0.5, 0.6) is 11.5 Å². The Balaban J connectivity index is 0.00000139. The van der Waals surface area contributed by atoms with E-state index in [1.165, 1.54) is 7.11 Å². The van der Waals surface area contributed by atoms with E-state index < -0.39 is 71.0 Å². The molecule has 20 heteroatoms. The van der Waals surface area contributed by atoms with Crippen molar-refractivity contribution >= 4 is 18.0 Å². The average molecular weight is 586 g/mol. The number of carbonyl (C=O) groups is 2. The minimum Gasteiger partial charge on any atom is -0.480 e. The molecule has 1 aromatic carbocycles. The van der Waals surface area contributed by atoms with Gasteiger partial charge in [0.15, 0.2) is 0 Å². The van der Waals surface area contributed by atoms with Crippen molar-refractivity contribution in [2.45, 2.75) is 37.8 Å². The van der Waals surface area contributed by atoms with E-state index in [1.807, 2.05) is 0 Å². The summed E-state index contributed by atoms with van der Waals surface area (Å²) in [4.78, 5) is 29.7. The van der Waals surface area contributed by atoms with Crippen molar-refractivity contribution in [2.75, 3.05) is 20.7 Å². The van der Waals surface area contributed by atoms with Gasteiger partial charge in [-0.15, -0.1) is 13.2 Å². The van der Waals surface area contributed by atoms with Crippen LogP contribution >= 0.6 is 0 Å². The smallest absolute Gasteiger partial charge is 0.480 e. The van der Waals surface area contributed by atoms with Crippen LogP contribution in [0.1, 0.15) is 18.1 Å². The van der Waals surface area contributed by atoms with Gasteiger partial charge in [-0.2, -0.15) is 13.2 Å². The molecule has 1 aliphatic rings. The summed E-state index contributed by atoms with van der Waals surface area (Å²) in [5, 5.41) is 38.4. The van der Waals surface area contributed by atoms with E-state index >= 15 is 0 Å². The minimum absolute atomic E-state index is 0.0417. The number of hydrogen-bond acceptors (Lipinski definition) is 12. The number of aliphatic carboxylic acids is 1. The number of carbonyl (C=O) groups excluding carboxylic acids is 1. The molecule has 10 N–H and O–H groups in total. The Labute approximate surface area is 215 Å². The fourth-order valence-electron chi connectivity index (χ4n) is 2.54. The third-order valence-electron chi connectivity index (χ3n) is 3.84. The van der Waals surface area contributed by atoms with Gasteiger partial charge in [-0.25, -0.2) is 21.4 Å². The molecule has 2 unspecified atom stereocenters. The number of nitrogens with two attached hydrogens (primary N) is 1. The number of quaternary nitrogens is 1. The standard InChI is InChI=1S/C15H13F6NO8.C3H7NO2.CH6NO/c1-5(30-22)27-12(23)8-3-6-2-7(29-15(19,20)21)4-9(14(24,25)26)10(6)28-11(8)13(16,17)18;1-4-2-3(5)6;1-3-2/h2-5,11,24-26H,22H2,1H3;4H,2H2,1H3,(H,5,6);1-2H3/q;;+1. The lowest BCUT2D eigenvalue weighted by molar-refractivity contribution is -0.679. The van der Waals surface area contributed by atoms with Gasteiger partial charge in [-0.3, -0.25) is 9.63 Å². The van der Waals surface area contributed by atoms with Gasteiger partial charge in [0.1, 0.15) is 11.5 Å². The van der Waals surface area contributed by atoms with Crippen LogP contribution in [0.2, 0.25) is 0 Å². The Hall–Kier alpha value is -3.24. The summed E-state index contributed by atoms with van der Waals surface area (Å²) in [5.74, 6) is -0.890. The average Bonchev–Trinajstić information content (AvgIpc) is 2.76. The van der Waals surface area contributed by atoms with E-state index in [2.05, 4.69) is 35.1 Å². The quantitative estimate of drug-likeness (QED) is 0.0903. The molecule has 2 atom stereocenters. The van der Waals surface area contributed by atoms with Crippen LogP contribution in [0.25, 0.3) is 6.08 Å². The first kappa shape index (κ1) is 35.8. The molecule has 1 aliphatic heterocycles. The Kier molecular flexibility index (Phi) is 13.6. The van der Waals surface area contributed by atoms with Crippen molar-refractivity contribution in [1.82, 2.24) is 5.32 Å². The number of carboxylic acids is 1. The number of alkyl halides is 6. The molecule has 0 amide bonds. The maximum atomic E-state index is 13.4. The number of likely N-dealkylation sites (N-methyl/N-ethyl adjacent to an activating group) is 1. The molecule has 39 heavy (non-hydrogen) atoms. The molecule has 224 valence electrons. The molecule has 0 aromatic heterocycles. The zero-order chi connectivity index (χ0) is 30.8. The van der Waals surface area contributed by atoms with Gasteiger partial charge in [-0.1, -0.05) is 0 Å². The largest absolute Gasteiger partial charge is 0.573 e. The highest BCUT2D eigenvalue weighted by molar-refractivity contribution is 5.96. The summed E-state index contributed by atoms with van der Waals surface area (Å²) in [6, 6.07) is 0.683. The molecule has 0 radical (unpaired) electrons. The minimum atomic E-state index is -5.28. The van der Waals surface area contributed by atoms with Crippen molar-refractivity contribution in [3.05, 3.63) is 28.8 Å². The van der Waals surface area contributed by atoms with Gasteiger partial charge in [0.05, 0.1) is 24.8 Å². The summed E-state index contributed by atoms with van der Waals surface area (Å²) in [6.07, 6.45) is -14.7. The third-order valence-corrected chi connectivity index (χ3v) is 3.84. The summed E-state index contributed by atoms with van der Waals surface area (Å²) < 4.78 is 90.4. The van der Waals surface area contributed by atoms with Crippen LogP contribution in [0.15, 0.2) is 17.7 Å². The van der Waals surface area contributed by atoms with Gasteiger partial charge in [0.2, 0.25) is 12.4 Å². The number of rotatable bonds is 7. The highest BCUT2D eigenvalue weighted by atomic mass is 19.4. The van der Waals surface area contributed by atoms with E-state index in [0.29, 0.717) is 12.1 Å². The van der Waals surface area contributed by atoms with Gasteiger partial charge < -0.3 is 40.0 Å². The van der Waals surface area contributed by atoms with E-state index in [-0.39, 0.29) is 12.6 Å². The van der Waals surface area contributed by atoms with E-state index in [0.717, 1.165) is 6.92 Å². The first-order chi connectivity index (χ1) is 17.7. The lowest BCUT2D eigenvalue weighted by Gasteiger charge is -2.31. The number of nitrogens with one attached hydrogen (secondary N) is 1. The van der Waals surface area contributed by atoms with E-state index in [9.17, 15) is 51.3 Å². The highest BCUT2D eigenvalue weighted by Crippen LogP contribution is 2.44. The number of ether oxygens (including phenoxy) is 3. The molecular weight excluding hydrogens is 560 g/mol. The molecule has 1 aromatic rings. The van der Waals surface area contributed by atoms with Crippen molar-refractivity contribution in [3.8, 4) is 11.5 Å². The molecule has 0 spiro atoms. The predicted octanol–water partition coefficient (Wildman–Crippen LogP) is -0.761. The van der Waals surface area contributed by atoms with Crippen molar-refractivity contribution in [1.29, 1.82) is 0 Å². The van der Waals surface area contributed by atoms with Gasteiger partial charge in [-0.05, 0) is 32.2 Å². The fourth-order valence-corrected chi connectivity index (χ4v) is 2.54. The molecule has 0 fully saturated rings. The second kappa shape index (κ2) is 14.8. The molecule has 0 saturated heterocycles. The van der Waals surface area contributed by atoms with Gasteiger partial charge in [0.25, 0.3) is 0 Å². The molecule has 14 nitrogen and oxygen atoms in total. The van der Waals surface area contributed by atoms with Crippen LogP contribution in [0, 0.1) is 0 Å². The first-order valence-corrected chi connectivity index (χ1v) is 9.99. The monoisotopic (exact) mass is 586 g/mol. The summed E-state index contributed by atoms with van der Waals surface area (Å²) in [7, 11) is 3.11. The van der Waals surface area contributed by atoms with Crippen LogP contribution < -0.4 is 26.6 Å². The lowest BCUT2D eigenvalue weighted by Crippen LogP contribution is -2.46. The second-order valence-corrected chi connectivity index (χ2v) is 7.03. The summed E-state index contributed by atoms with van der Waals surface area (Å²) in [5.41, 5.74) is -3.23. The van der Waals surface area contributed by atoms with Crippen LogP contribution in [-0.2, 0) is 30.0 Å². The Morgan fingerprint density at radius 2 is 1.72 bits per heavy atom. The summed E-state index contributed by atoms with van der Waals surface area (Å²) in [6.45, 7) is 1.10. The molecular formula is C19H26F6N3O11+. The second-order valence-electron chi connectivity index (χ2n) is 7.03. The number of benzene rings is 1. The number of halogens is 6. The molecule has 0 bridgehead atoms. The van der Waals surface area contributed by atoms with Crippen molar-refractivity contribution < 1.29 is 86.1 Å². The Morgan fingerprint density at radius 1 is 1.18 bits per heavy atom. The normalized spacial score (nSPS) is 15.6. The number of hydrogen-bond donors (Lipinski definition) is 7. The maximum Gasteiger partial charge on any atom is 0.573 e. The molecule has 1 heterocycles. The Morgan fingerprint density at radius 3 is 2.08 bits per heavy atom. The molecule has 0 aliphatic carbocycles. The van der Waals surface area contributed by atoms with Crippen LogP contribution in [0.3, 0.4) is 0 Å². The van der Waals surface area contributed by atoms with E-state index in [4.69, 9.17) is 11.0 Å². The SMILES string of the molecule is CC(ON)OC(=O)C1=Cc2cc(OC(F)(F)F)cc(C(O)(O)O)c2OC1C(F)(F)F.CNCC(=O)O.CO[NH3+]. The van der Waals surface area contributed by atoms with Gasteiger partial charge in [0, 0.05) is 5.56 Å². The number of esters is 1. The topological polar surface area (TPSA) is 227 Å². The van der Waals surface area contributed by atoms with E-state index in [1.54, 1.807) is 7.05 Å². The number of aliphatic hydroxyl groups is 3. The number of fused-ring (bicyclic) bond motifs is 1. The zero-order valence-electron chi connectivity index (χ0n) is 20.3. The zero-order valence-corrected chi connectivity index (χ0v) is 20.3. The number of carboxylic acid groups (broad SMARTS) is 1. The molecule has 2 rings (SSSR count). The van der Waals surface area contributed by atoms with Crippen molar-refractivity contribution in [2.24, 2.45) is 5.90 Å². The predicted molar refractivity (Wildman–Crippen MR) is 112 cm³/mol. The first-order valence-electron chi connectivity index (χ1n) is 9.99. The summed E-state index contributed by atoms with van der Waals surface area (Å²) >= 11 is 0. The highest BCUT2D eigenvalue weighted by Gasteiger charge is 2.50. The third kappa shape index (κ3) is 12.4. The maximum absolute atomic E-state index is 13.4.